The molecule has 0 aliphatic heterocycles. The lowest BCUT2D eigenvalue weighted by Crippen LogP contribution is -2.38. The van der Waals surface area contributed by atoms with E-state index in [1.54, 1.807) is 30.3 Å². The van der Waals surface area contributed by atoms with E-state index < -0.39 is 22.5 Å². The predicted molar refractivity (Wildman–Crippen MR) is 117 cm³/mol. The molecule has 3 aromatic rings. The number of aromatic nitrogens is 1. The van der Waals surface area contributed by atoms with E-state index in [9.17, 15) is 13.2 Å². The molecule has 0 atom stereocenters. The summed E-state index contributed by atoms with van der Waals surface area (Å²) in [6.45, 7) is -0.494. The van der Waals surface area contributed by atoms with E-state index in [1.165, 1.54) is 43.8 Å². The highest BCUT2D eigenvalue weighted by molar-refractivity contribution is 7.92. The molecular formula is C20H17Cl2N3O4S. The second-order valence-corrected chi connectivity index (χ2v) is 8.78. The van der Waals surface area contributed by atoms with Gasteiger partial charge in [-0.15, -0.1) is 0 Å². The summed E-state index contributed by atoms with van der Waals surface area (Å²) in [6.07, 6.45) is 2.68. The second kappa shape index (κ2) is 9.34. The Balaban J connectivity index is 1.94. The molecule has 0 saturated heterocycles. The Morgan fingerprint density at radius 1 is 1.13 bits per heavy atom. The minimum absolute atomic E-state index is 0.0468. The Bertz CT molecular complexity index is 1140. The number of methoxy groups -OCH3 is 1. The molecule has 156 valence electrons. The number of pyridine rings is 1. The Labute approximate surface area is 184 Å². The maximum atomic E-state index is 13.2. The Kier molecular flexibility index (Phi) is 6.81. The first kappa shape index (κ1) is 21.9. The number of hydrogen-bond donors (Lipinski definition) is 1. The lowest BCUT2D eigenvalue weighted by molar-refractivity contribution is -0.114. The van der Waals surface area contributed by atoms with Crippen LogP contribution in [0.3, 0.4) is 0 Å². The van der Waals surface area contributed by atoms with E-state index in [4.69, 9.17) is 27.9 Å². The standard InChI is InChI=1S/C20H17Cl2N3O4S/c1-29-16-7-5-15(6-8-16)25(30(27,28)17-3-2-10-23-12-17)13-20(26)24-19-11-14(21)4-9-18(19)22/h2-12H,13H2,1H3,(H,24,26). The number of rotatable bonds is 7. The van der Waals surface area contributed by atoms with Crippen LogP contribution in [0.2, 0.25) is 10.0 Å². The van der Waals surface area contributed by atoms with Gasteiger partial charge in [-0.05, 0) is 54.6 Å². The molecule has 3 rings (SSSR count). The fraction of sp³-hybridized carbons (Fsp3) is 0.100. The molecule has 0 radical (unpaired) electrons. The van der Waals surface area contributed by atoms with E-state index in [2.05, 4.69) is 10.3 Å². The molecule has 7 nitrogen and oxygen atoms in total. The van der Waals surface area contributed by atoms with Crippen LogP contribution in [0.5, 0.6) is 5.75 Å². The zero-order chi connectivity index (χ0) is 21.7. The van der Waals surface area contributed by atoms with Crippen molar-refractivity contribution in [3.8, 4) is 5.75 Å². The van der Waals surface area contributed by atoms with Crippen molar-refractivity contribution in [2.45, 2.75) is 4.90 Å². The fourth-order valence-electron chi connectivity index (χ4n) is 2.60. The van der Waals surface area contributed by atoms with Crippen molar-refractivity contribution >= 4 is 50.5 Å². The van der Waals surface area contributed by atoms with E-state index in [0.717, 1.165) is 4.31 Å². The van der Waals surface area contributed by atoms with Gasteiger partial charge in [0, 0.05) is 17.4 Å². The molecule has 0 spiro atoms. The largest absolute Gasteiger partial charge is 0.497 e. The molecule has 0 saturated carbocycles. The minimum Gasteiger partial charge on any atom is -0.497 e. The van der Waals surface area contributed by atoms with Gasteiger partial charge in [-0.3, -0.25) is 14.1 Å². The van der Waals surface area contributed by atoms with Crippen LogP contribution in [0.15, 0.2) is 71.9 Å². The number of hydrogen-bond acceptors (Lipinski definition) is 5. The van der Waals surface area contributed by atoms with Crippen molar-refractivity contribution in [1.29, 1.82) is 0 Å². The second-order valence-electron chi connectivity index (χ2n) is 6.07. The Morgan fingerprint density at radius 3 is 2.50 bits per heavy atom. The third-order valence-electron chi connectivity index (χ3n) is 4.07. The van der Waals surface area contributed by atoms with Gasteiger partial charge in [0.1, 0.15) is 17.2 Å². The van der Waals surface area contributed by atoms with Gasteiger partial charge in [0.05, 0.1) is 23.5 Å². The summed E-state index contributed by atoms with van der Waals surface area (Å²) in [5.74, 6) is -0.0462. The first-order valence-corrected chi connectivity index (χ1v) is 10.8. The summed E-state index contributed by atoms with van der Waals surface area (Å²) in [5, 5.41) is 3.25. The number of nitrogens with one attached hydrogen (secondary N) is 1. The summed E-state index contributed by atoms with van der Waals surface area (Å²) >= 11 is 12.0. The fourth-order valence-corrected chi connectivity index (χ4v) is 4.33. The van der Waals surface area contributed by atoms with Gasteiger partial charge in [-0.25, -0.2) is 8.42 Å². The van der Waals surface area contributed by atoms with Gasteiger partial charge in [0.25, 0.3) is 10.0 Å². The Hall–Kier alpha value is -2.81. The van der Waals surface area contributed by atoms with Gasteiger partial charge in [-0.2, -0.15) is 0 Å². The van der Waals surface area contributed by atoms with Crippen LogP contribution in [0.1, 0.15) is 0 Å². The quantitative estimate of drug-likeness (QED) is 0.563. The van der Waals surface area contributed by atoms with Crippen LogP contribution >= 0.6 is 23.2 Å². The summed E-state index contributed by atoms with van der Waals surface area (Å²) in [5.41, 5.74) is 0.564. The summed E-state index contributed by atoms with van der Waals surface area (Å²) < 4.78 is 32.6. The number of sulfonamides is 1. The van der Waals surface area contributed by atoms with Gasteiger partial charge >= 0.3 is 0 Å². The molecule has 30 heavy (non-hydrogen) atoms. The number of halogens is 2. The molecule has 10 heteroatoms. The normalized spacial score (nSPS) is 11.0. The van der Waals surface area contributed by atoms with Gasteiger partial charge < -0.3 is 10.1 Å². The maximum absolute atomic E-state index is 13.2. The molecule has 0 fully saturated rings. The molecule has 0 bridgehead atoms. The van der Waals surface area contributed by atoms with Crippen molar-refractivity contribution in [3.05, 3.63) is 77.0 Å². The number of carbonyl (C=O) groups is 1. The van der Waals surface area contributed by atoms with Crippen molar-refractivity contribution in [1.82, 2.24) is 4.98 Å². The molecule has 1 aromatic heterocycles. The third kappa shape index (κ3) is 5.02. The number of amides is 1. The van der Waals surface area contributed by atoms with E-state index in [0.29, 0.717) is 10.8 Å². The molecule has 1 N–H and O–H groups in total. The number of benzene rings is 2. The van der Waals surface area contributed by atoms with E-state index in [-0.39, 0.29) is 21.3 Å². The van der Waals surface area contributed by atoms with E-state index >= 15 is 0 Å². The zero-order valence-electron chi connectivity index (χ0n) is 15.7. The molecule has 1 heterocycles. The average Bonchev–Trinajstić information content (AvgIpc) is 2.75. The topological polar surface area (TPSA) is 88.6 Å². The first-order valence-electron chi connectivity index (χ1n) is 8.63. The van der Waals surface area contributed by atoms with Crippen LogP contribution in [0, 0.1) is 0 Å². The molecular weight excluding hydrogens is 449 g/mol. The van der Waals surface area contributed by atoms with Crippen molar-refractivity contribution in [2.24, 2.45) is 0 Å². The lowest BCUT2D eigenvalue weighted by Gasteiger charge is -2.24. The molecule has 2 aromatic carbocycles. The zero-order valence-corrected chi connectivity index (χ0v) is 18.1. The monoisotopic (exact) mass is 465 g/mol. The van der Waals surface area contributed by atoms with E-state index in [1.807, 2.05) is 0 Å². The van der Waals surface area contributed by atoms with Crippen LogP contribution in [-0.2, 0) is 14.8 Å². The highest BCUT2D eigenvalue weighted by atomic mass is 35.5. The van der Waals surface area contributed by atoms with Crippen molar-refractivity contribution < 1.29 is 17.9 Å². The van der Waals surface area contributed by atoms with Crippen molar-refractivity contribution in [2.75, 3.05) is 23.3 Å². The first-order chi connectivity index (χ1) is 14.3. The van der Waals surface area contributed by atoms with Crippen LogP contribution in [0.25, 0.3) is 0 Å². The van der Waals surface area contributed by atoms with Gasteiger partial charge in [0.15, 0.2) is 0 Å². The number of carbonyl (C=O) groups excluding carboxylic acids is 1. The maximum Gasteiger partial charge on any atom is 0.266 e. The predicted octanol–water partition coefficient (Wildman–Crippen LogP) is 4.23. The summed E-state index contributed by atoms with van der Waals surface area (Å²) in [6, 6.07) is 13.8. The number of anilines is 2. The van der Waals surface area contributed by atoms with Crippen LogP contribution in [0.4, 0.5) is 11.4 Å². The Morgan fingerprint density at radius 2 is 1.87 bits per heavy atom. The third-order valence-corrected chi connectivity index (χ3v) is 6.39. The van der Waals surface area contributed by atoms with Gasteiger partial charge in [-0.1, -0.05) is 23.2 Å². The molecule has 0 aliphatic carbocycles. The minimum atomic E-state index is -4.07. The number of ether oxygens (including phenoxy) is 1. The lowest BCUT2D eigenvalue weighted by atomic mass is 10.3. The molecule has 1 amide bonds. The summed E-state index contributed by atoms with van der Waals surface area (Å²) in [4.78, 5) is 16.5. The SMILES string of the molecule is COc1ccc(N(CC(=O)Nc2cc(Cl)ccc2Cl)S(=O)(=O)c2cccnc2)cc1. The average molecular weight is 466 g/mol. The molecule has 0 aliphatic rings. The highest BCUT2D eigenvalue weighted by Crippen LogP contribution is 2.27. The number of nitrogens with zero attached hydrogens (tertiary/aromatic N) is 2. The molecule has 0 unspecified atom stereocenters. The summed E-state index contributed by atoms with van der Waals surface area (Å²) in [7, 11) is -2.57. The smallest absolute Gasteiger partial charge is 0.266 e. The van der Waals surface area contributed by atoms with Crippen LogP contribution in [-0.4, -0.2) is 33.0 Å². The van der Waals surface area contributed by atoms with Crippen LogP contribution < -0.4 is 14.4 Å². The highest BCUT2D eigenvalue weighted by Gasteiger charge is 2.27. The van der Waals surface area contributed by atoms with Gasteiger partial charge in [0.2, 0.25) is 5.91 Å². The van der Waals surface area contributed by atoms with Crippen molar-refractivity contribution in [3.63, 3.8) is 0 Å².